The van der Waals surface area contributed by atoms with Gasteiger partial charge in [0.25, 0.3) is 15.9 Å². The standard InChI is InChI=1S/C22H16F3N5O5S/c1-34-21-16(36(32,33)30-18-9-5-8-17(29-18)22(23,24)25)10-14(11-26-21)28-19(31)15-12-27-20(35-15)13-6-3-2-4-7-13/h2-12H,1H3,(H,28,31)(H,29,30). The Hall–Kier alpha value is -4.46. The predicted octanol–water partition coefficient (Wildman–Crippen LogP) is 4.21. The van der Waals surface area contributed by atoms with Gasteiger partial charge >= 0.3 is 6.18 Å². The molecule has 0 saturated carbocycles. The van der Waals surface area contributed by atoms with Crippen LogP contribution in [0.15, 0.2) is 76.3 Å². The van der Waals surface area contributed by atoms with Crippen molar-refractivity contribution in [2.75, 3.05) is 17.1 Å². The van der Waals surface area contributed by atoms with Gasteiger partial charge in [0.2, 0.25) is 17.5 Å². The van der Waals surface area contributed by atoms with Crippen LogP contribution < -0.4 is 14.8 Å². The van der Waals surface area contributed by atoms with E-state index in [1.165, 1.54) is 6.20 Å². The average molecular weight is 519 g/mol. The summed E-state index contributed by atoms with van der Waals surface area (Å²) in [4.78, 5) is 23.2. The number of oxazole rings is 1. The molecule has 0 radical (unpaired) electrons. The number of carbonyl (C=O) groups is 1. The number of alkyl halides is 3. The lowest BCUT2D eigenvalue weighted by Crippen LogP contribution is -2.18. The number of pyridine rings is 2. The number of amides is 1. The number of ether oxygens (including phenoxy) is 1. The first-order valence-electron chi connectivity index (χ1n) is 10.0. The van der Waals surface area contributed by atoms with Crippen LogP contribution in [0.3, 0.4) is 0 Å². The summed E-state index contributed by atoms with van der Waals surface area (Å²) in [6.07, 6.45) is -2.44. The van der Waals surface area contributed by atoms with Crippen LogP contribution in [0.4, 0.5) is 24.7 Å². The molecule has 0 atom stereocenters. The van der Waals surface area contributed by atoms with Gasteiger partial charge in [0, 0.05) is 5.56 Å². The highest BCUT2D eigenvalue weighted by atomic mass is 32.2. The Labute approximate surface area is 202 Å². The van der Waals surface area contributed by atoms with Crippen LogP contribution in [0, 0.1) is 0 Å². The van der Waals surface area contributed by atoms with Crippen LogP contribution in [0.5, 0.6) is 5.88 Å². The highest BCUT2D eigenvalue weighted by Gasteiger charge is 2.33. The maximum Gasteiger partial charge on any atom is 0.433 e. The Bertz CT molecular complexity index is 1510. The Balaban J connectivity index is 1.58. The molecule has 0 saturated heterocycles. The molecule has 0 bridgehead atoms. The van der Waals surface area contributed by atoms with E-state index in [2.05, 4.69) is 20.3 Å². The number of hydrogen-bond donors (Lipinski definition) is 2. The number of carbonyl (C=O) groups excluding carboxylic acids is 1. The quantitative estimate of drug-likeness (QED) is 0.371. The highest BCUT2D eigenvalue weighted by molar-refractivity contribution is 7.92. The lowest BCUT2D eigenvalue weighted by Gasteiger charge is -2.13. The minimum absolute atomic E-state index is 0.0594. The van der Waals surface area contributed by atoms with E-state index in [0.717, 1.165) is 31.5 Å². The van der Waals surface area contributed by atoms with Crippen molar-refractivity contribution in [1.82, 2.24) is 15.0 Å². The van der Waals surface area contributed by atoms with Gasteiger partial charge in [0.15, 0.2) is 4.90 Å². The zero-order chi connectivity index (χ0) is 25.9. The zero-order valence-electron chi connectivity index (χ0n) is 18.3. The van der Waals surface area contributed by atoms with Crippen molar-refractivity contribution in [3.8, 4) is 17.3 Å². The summed E-state index contributed by atoms with van der Waals surface area (Å²) in [7, 11) is -3.37. The molecule has 1 aromatic carbocycles. The molecule has 0 aliphatic rings. The second kappa shape index (κ2) is 9.65. The first-order valence-corrected chi connectivity index (χ1v) is 11.5. The zero-order valence-corrected chi connectivity index (χ0v) is 19.1. The lowest BCUT2D eigenvalue weighted by molar-refractivity contribution is -0.141. The second-order valence-electron chi connectivity index (χ2n) is 7.09. The molecule has 4 rings (SSSR count). The topological polar surface area (TPSA) is 136 Å². The molecule has 0 aliphatic carbocycles. The predicted molar refractivity (Wildman–Crippen MR) is 121 cm³/mol. The minimum atomic E-state index is -4.77. The Morgan fingerprint density at radius 1 is 1.03 bits per heavy atom. The molecule has 1 amide bonds. The van der Waals surface area contributed by atoms with Crippen molar-refractivity contribution in [2.24, 2.45) is 0 Å². The summed E-state index contributed by atoms with van der Waals surface area (Å²) >= 11 is 0. The van der Waals surface area contributed by atoms with Crippen molar-refractivity contribution in [1.29, 1.82) is 0 Å². The van der Waals surface area contributed by atoms with Gasteiger partial charge < -0.3 is 14.5 Å². The number of benzene rings is 1. The molecule has 36 heavy (non-hydrogen) atoms. The summed E-state index contributed by atoms with van der Waals surface area (Å²) in [6, 6.07) is 12.6. The van der Waals surface area contributed by atoms with Crippen LogP contribution in [0.2, 0.25) is 0 Å². The van der Waals surface area contributed by atoms with Crippen molar-refractivity contribution in [2.45, 2.75) is 11.1 Å². The van der Waals surface area contributed by atoms with E-state index in [1.807, 2.05) is 4.72 Å². The fourth-order valence-electron chi connectivity index (χ4n) is 2.97. The third-order valence-corrected chi connectivity index (χ3v) is 5.94. The Morgan fingerprint density at radius 2 is 1.78 bits per heavy atom. The van der Waals surface area contributed by atoms with Gasteiger partial charge in [-0.15, -0.1) is 0 Å². The summed E-state index contributed by atoms with van der Waals surface area (Å²) < 4.78 is 77.0. The molecule has 14 heteroatoms. The van der Waals surface area contributed by atoms with Gasteiger partial charge in [-0.3, -0.25) is 9.52 Å². The van der Waals surface area contributed by atoms with E-state index >= 15 is 0 Å². The molecule has 3 aromatic heterocycles. The number of sulfonamides is 1. The second-order valence-corrected chi connectivity index (χ2v) is 8.74. The summed E-state index contributed by atoms with van der Waals surface area (Å²) in [5.41, 5.74) is -0.697. The number of nitrogens with one attached hydrogen (secondary N) is 2. The number of hydrogen-bond acceptors (Lipinski definition) is 8. The Morgan fingerprint density at radius 3 is 2.47 bits per heavy atom. The summed E-state index contributed by atoms with van der Waals surface area (Å²) in [5.74, 6) is -1.63. The molecule has 4 aromatic rings. The fraction of sp³-hybridized carbons (Fsp3) is 0.0909. The van der Waals surface area contributed by atoms with Crippen molar-refractivity contribution >= 4 is 27.4 Å². The van der Waals surface area contributed by atoms with E-state index in [9.17, 15) is 26.4 Å². The van der Waals surface area contributed by atoms with Crippen LogP contribution in [0.25, 0.3) is 11.5 Å². The molecule has 186 valence electrons. The molecule has 0 spiro atoms. The number of halogens is 3. The van der Waals surface area contributed by atoms with Crippen LogP contribution in [-0.4, -0.2) is 36.4 Å². The fourth-order valence-corrected chi connectivity index (χ4v) is 4.12. The van der Waals surface area contributed by atoms with Gasteiger partial charge in [0.1, 0.15) is 11.5 Å². The first-order chi connectivity index (χ1) is 17.1. The average Bonchev–Trinajstić information content (AvgIpc) is 3.35. The molecule has 3 heterocycles. The SMILES string of the molecule is COc1ncc(NC(=O)c2cnc(-c3ccccc3)o2)cc1S(=O)(=O)Nc1cccc(C(F)(F)F)n1. The number of methoxy groups -OCH3 is 1. The number of anilines is 2. The molecular formula is C22H16F3N5O5S. The lowest BCUT2D eigenvalue weighted by atomic mass is 10.2. The van der Waals surface area contributed by atoms with Crippen LogP contribution >= 0.6 is 0 Å². The molecule has 0 fully saturated rings. The molecule has 0 aliphatic heterocycles. The van der Waals surface area contributed by atoms with Gasteiger partial charge in [-0.05, 0) is 30.3 Å². The maximum atomic E-state index is 12.9. The Kier molecular flexibility index (Phi) is 6.61. The van der Waals surface area contributed by atoms with Crippen LogP contribution in [-0.2, 0) is 16.2 Å². The van der Waals surface area contributed by atoms with Gasteiger partial charge in [0.05, 0.1) is 25.2 Å². The smallest absolute Gasteiger partial charge is 0.433 e. The summed E-state index contributed by atoms with van der Waals surface area (Å²) in [6.45, 7) is 0. The maximum absolute atomic E-state index is 12.9. The molecule has 0 unspecified atom stereocenters. The number of rotatable bonds is 7. The van der Waals surface area contributed by atoms with Crippen molar-refractivity contribution < 1.29 is 35.5 Å². The van der Waals surface area contributed by atoms with E-state index < -0.39 is 38.5 Å². The molecular weight excluding hydrogens is 503 g/mol. The van der Waals surface area contributed by atoms with Gasteiger partial charge in [-0.25, -0.2) is 23.4 Å². The number of aromatic nitrogens is 3. The van der Waals surface area contributed by atoms with E-state index in [-0.39, 0.29) is 23.2 Å². The van der Waals surface area contributed by atoms with Crippen LogP contribution in [0.1, 0.15) is 16.2 Å². The summed E-state index contributed by atoms with van der Waals surface area (Å²) in [5, 5.41) is 2.43. The third kappa shape index (κ3) is 5.43. The first kappa shape index (κ1) is 24.7. The molecule has 2 N–H and O–H groups in total. The highest BCUT2D eigenvalue weighted by Crippen LogP contribution is 2.30. The third-order valence-electron chi connectivity index (χ3n) is 4.59. The number of nitrogens with zero attached hydrogens (tertiary/aromatic N) is 3. The van der Waals surface area contributed by atoms with E-state index in [0.29, 0.717) is 11.6 Å². The van der Waals surface area contributed by atoms with E-state index in [4.69, 9.17) is 9.15 Å². The normalized spacial score (nSPS) is 11.7. The largest absolute Gasteiger partial charge is 0.480 e. The monoisotopic (exact) mass is 519 g/mol. The van der Waals surface area contributed by atoms with E-state index in [1.54, 1.807) is 30.3 Å². The molecule has 10 nitrogen and oxygen atoms in total. The van der Waals surface area contributed by atoms with Crippen molar-refractivity contribution in [3.05, 3.63) is 78.4 Å². The van der Waals surface area contributed by atoms with Gasteiger partial charge in [-0.1, -0.05) is 24.3 Å². The van der Waals surface area contributed by atoms with Crippen molar-refractivity contribution in [3.63, 3.8) is 0 Å². The van der Waals surface area contributed by atoms with Gasteiger partial charge in [-0.2, -0.15) is 13.2 Å². The minimum Gasteiger partial charge on any atom is -0.480 e.